The molecule has 3 rings (SSSR count). The zero-order valence-electron chi connectivity index (χ0n) is 11.0. The molecule has 0 radical (unpaired) electrons. The lowest BCUT2D eigenvalue weighted by Crippen LogP contribution is -2.10. The number of hydrogen-bond donors (Lipinski definition) is 0. The molecular weight excluding hydrogens is 272 g/mol. The number of halogens is 1. The van der Waals surface area contributed by atoms with Crippen molar-refractivity contribution >= 4 is 17.6 Å². The minimum absolute atomic E-state index is 0.192. The van der Waals surface area contributed by atoms with E-state index in [1.54, 1.807) is 0 Å². The summed E-state index contributed by atoms with van der Waals surface area (Å²) in [6.07, 6.45) is 0.728. The summed E-state index contributed by atoms with van der Waals surface area (Å²) in [7, 11) is 0. The van der Waals surface area contributed by atoms with Crippen LogP contribution in [0.3, 0.4) is 0 Å². The number of benzene rings is 2. The third-order valence-corrected chi connectivity index (χ3v) is 3.81. The first kappa shape index (κ1) is 13.2. The molecule has 0 saturated carbocycles. The Morgan fingerprint density at radius 1 is 1.00 bits per heavy atom. The summed E-state index contributed by atoms with van der Waals surface area (Å²) in [5, 5.41) is 0. The zero-order valence-corrected chi connectivity index (χ0v) is 11.8. The molecule has 0 amide bonds. The van der Waals surface area contributed by atoms with E-state index >= 15 is 0 Å². The van der Waals surface area contributed by atoms with E-state index in [2.05, 4.69) is 12.1 Å². The molecule has 2 nitrogen and oxygen atoms in total. The van der Waals surface area contributed by atoms with Crippen LogP contribution in [0.15, 0.2) is 48.5 Å². The first-order valence-corrected chi connectivity index (χ1v) is 7.28. The summed E-state index contributed by atoms with van der Waals surface area (Å²) >= 11 is 5.62. The van der Waals surface area contributed by atoms with Crippen LogP contribution in [0.2, 0.25) is 0 Å². The van der Waals surface area contributed by atoms with Crippen LogP contribution in [0.5, 0.6) is 0 Å². The molecule has 0 heterocycles. The van der Waals surface area contributed by atoms with Crippen molar-refractivity contribution in [2.24, 2.45) is 0 Å². The van der Waals surface area contributed by atoms with Gasteiger partial charge in [-0.05, 0) is 17.5 Å². The second kappa shape index (κ2) is 5.68. The van der Waals surface area contributed by atoms with Gasteiger partial charge in [-0.15, -0.1) is 11.6 Å². The van der Waals surface area contributed by atoms with Crippen LogP contribution < -0.4 is 0 Å². The fourth-order valence-electron chi connectivity index (χ4n) is 2.64. The molecule has 0 bridgehead atoms. The van der Waals surface area contributed by atoms with Crippen molar-refractivity contribution in [1.29, 1.82) is 0 Å². The average molecular weight is 287 g/mol. The van der Waals surface area contributed by atoms with Crippen molar-refractivity contribution in [2.75, 3.05) is 5.88 Å². The number of alkyl halides is 1. The molecule has 0 aromatic heterocycles. The molecular formula is C17H15ClO2. The van der Waals surface area contributed by atoms with E-state index in [-0.39, 0.29) is 12.1 Å². The highest BCUT2D eigenvalue weighted by molar-refractivity contribution is 6.17. The molecule has 0 unspecified atom stereocenters. The smallest absolute Gasteiger partial charge is 0.306 e. The number of carbonyl (C=O) groups is 1. The van der Waals surface area contributed by atoms with Crippen molar-refractivity contribution in [1.82, 2.24) is 0 Å². The Hall–Kier alpha value is -1.80. The molecule has 2 aromatic carbocycles. The first-order chi connectivity index (χ1) is 9.81. The molecule has 0 fully saturated rings. The highest BCUT2D eigenvalue weighted by atomic mass is 35.5. The monoisotopic (exact) mass is 286 g/mol. The quantitative estimate of drug-likeness (QED) is 0.618. The van der Waals surface area contributed by atoms with Crippen LogP contribution in [0.4, 0.5) is 0 Å². The maximum atomic E-state index is 11.9. The van der Waals surface area contributed by atoms with Crippen molar-refractivity contribution < 1.29 is 9.53 Å². The summed E-state index contributed by atoms with van der Waals surface area (Å²) in [5.41, 5.74) is 4.43. The molecule has 0 spiro atoms. The largest absolute Gasteiger partial charge is 0.452 e. The predicted octanol–water partition coefficient (Wildman–Crippen LogP) is 4.32. The molecule has 2 aromatic rings. The number of rotatable bonds is 4. The van der Waals surface area contributed by atoms with Gasteiger partial charge in [-0.25, -0.2) is 0 Å². The molecule has 20 heavy (non-hydrogen) atoms. The van der Waals surface area contributed by atoms with Crippen LogP contribution in [0.25, 0.3) is 11.1 Å². The Kier molecular flexibility index (Phi) is 3.75. The molecule has 0 saturated heterocycles. The van der Waals surface area contributed by atoms with Gasteiger partial charge in [0.25, 0.3) is 0 Å². The summed E-state index contributed by atoms with van der Waals surface area (Å²) in [6.45, 7) is 0. The Labute approximate surface area is 123 Å². The van der Waals surface area contributed by atoms with E-state index in [0.717, 1.165) is 22.3 Å². The number of esters is 1. The highest BCUT2D eigenvalue weighted by Crippen LogP contribution is 2.45. The third-order valence-electron chi connectivity index (χ3n) is 3.54. The molecule has 0 atom stereocenters. The van der Waals surface area contributed by atoms with Crippen LogP contribution >= 0.6 is 11.6 Å². The van der Waals surface area contributed by atoms with Gasteiger partial charge in [0.05, 0.1) is 0 Å². The fraction of sp³-hybridized carbons (Fsp3) is 0.235. The second-order valence-electron chi connectivity index (χ2n) is 4.84. The van der Waals surface area contributed by atoms with Crippen molar-refractivity contribution in [3.05, 3.63) is 59.7 Å². The van der Waals surface area contributed by atoms with Gasteiger partial charge in [0.2, 0.25) is 0 Å². The maximum absolute atomic E-state index is 11.9. The highest BCUT2D eigenvalue weighted by Gasteiger charge is 2.30. The Morgan fingerprint density at radius 2 is 1.55 bits per heavy atom. The SMILES string of the molecule is O=C(CCCCl)OC1c2ccccc2-c2ccccc21. The van der Waals surface area contributed by atoms with E-state index in [9.17, 15) is 4.79 Å². The lowest BCUT2D eigenvalue weighted by Gasteiger charge is -2.14. The van der Waals surface area contributed by atoms with E-state index in [4.69, 9.17) is 16.3 Å². The van der Waals surface area contributed by atoms with E-state index < -0.39 is 0 Å². The molecule has 1 aliphatic rings. The number of carbonyl (C=O) groups excluding carboxylic acids is 1. The minimum atomic E-state index is -0.287. The van der Waals surface area contributed by atoms with Crippen molar-refractivity contribution in [3.63, 3.8) is 0 Å². The van der Waals surface area contributed by atoms with E-state index in [1.807, 2.05) is 36.4 Å². The zero-order chi connectivity index (χ0) is 13.9. The lowest BCUT2D eigenvalue weighted by molar-refractivity contribution is -0.147. The Morgan fingerprint density at radius 3 is 2.10 bits per heavy atom. The Balaban J connectivity index is 1.93. The second-order valence-corrected chi connectivity index (χ2v) is 5.21. The third kappa shape index (κ3) is 2.32. The molecule has 1 aliphatic carbocycles. The lowest BCUT2D eigenvalue weighted by atomic mass is 10.1. The van der Waals surface area contributed by atoms with Crippen molar-refractivity contribution in [2.45, 2.75) is 18.9 Å². The van der Waals surface area contributed by atoms with E-state index in [1.165, 1.54) is 0 Å². The van der Waals surface area contributed by atoms with Gasteiger partial charge in [0, 0.05) is 23.4 Å². The van der Waals surface area contributed by atoms with Gasteiger partial charge in [0.1, 0.15) is 0 Å². The summed E-state index contributed by atoms with van der Waals surface area (Å²) in [5.74, 6) is 0.287. The van der Waals surface area contributed by atoms with Crippen molar-refractivity contribution in [3.8, 4) is 11.1 Å². The topological polar surface area (TPSA) is 26.3 Å². The van der Waals surface area contributed by atoms with E-state index in [0.29, 0.717) is 18.7 Å². The molecule has 102 valence electrons. The summed E-state index contributed by atoms with van der Waals surface area (Å²) in [4.78, 5) is 11.9. The normalized spacial score (nSPS) is 12.8. The summed E-state index contributed by atoms with van der Waals surface area (Å²) in [6, 6.07) is 16.2. The standard InChI is InChI=1S/C17H15ClO2/c18-11-5-10-16(19)20-17-14-8-3-1-6-12(14)13-7-2-4-9-15(13)17/h1-4,6-9,17H,5,10-11H2. The van der Waals surface area contributed by atoms with Gasteiger partial charge in [-0.3, -0.25) is 4.79 Å². The van der Waals surface area contributed by atoms with Crippen LogP contribution in [0.1, 0.15) is 30.1 Å². The number of fused-ring (bicyclic) bond motifs is 3. The fourth-order valence-corrected chi connectivity index (χ4v) is 2.77. The average Bonchev–Trinajstić information content (AvgIpc) is 2.80. The Bertz CT molecular complexity index is 591. The van der Waals surface area contributed by atoms with Gasteiger partial charge in [-0.2, -0.15) is 0 Å². The number of ether oxygens (including phenoxy) is 1. The molecule has 0 N–H and O–H groups in total. The van der Waals surface area contributed by atoms with Crippen LogP contribution in [-0.4, -0.2) is 11.8 Å². The number of hydrogen-bond acceptors (Lipinski definition) is 2. The minimum Gasteiger partial charge on any atom is -0.452 e. The van der Waals surface area contributed by atoms with Crippen LogP contribution in [0, 0.1) is 0 Å². The summed E-state index contributed by atoms with van der Waals surface area (Å²) < 4.78 is 5.67. The van der Waals surface area contributed by atoms with Gasteiger partial charge < -0.3 is 4.74 Å². The maximum Gasteiger partial charge on any atom is 0.306 e. The van der Waals surface area contributed by atoms with Gasteiger partial charge in [-0.1, -0.05) is 48.5 Å². The molecule has 3 heteroatoms. The first-order valence-electron chi connectivity index (χ1n) is 6.75. The van der Waals surface area contributed by atoms with Crippen LogP contribution in [-0.2, 0) is 9.53 Å². The predicted molar refractivity (Wildman–Crippen MR) is 79.8 cm³/mol. The molecule has 0 aliphatic heterocycles. The van der Waals surface area contributed by atoms with Gasteiger partial charge in [0.15, 0.2) is 6.10 Å². The van der Waals surface area contributed by atoms with Gasteiger partial charge >= 0.3 is 5.97 Å².